The van der Waals surface area contributed by atoms with Crippen LogP contribution in [0.25, 0.3) is 11.1 Å². The van der Waals surface area contributed by atoms with Crippen molar-refractivity contribution in [2.75, 3.05) is 13.2 Å². The van der Waals surface area contributed by atoms with Crippen molar-refractivity contribution in [2.45, 2.75) is 30.8 Å². The van der Waals surface area contributed by atoms with Crippen LogP contribution in [-0.4, -0.2) is 47.2 Å². The Morgan fingerprint density at radius 2 is 1.71 bits per heavy atom. The Bertz CT molecular complexity index is 1180. The molecule has 7 nitrogen and oxygen atoms in total. The van der Waals surface area contributed by atoms with Gasteiger partial charge in [0, 0.05) is 17.3 Å². The number of benzene rings is 2. The van der Waals surface area contributed by atoms with Gasteiger partial charge in [0.2, 0.25) is 0 Å². The molecule has 3 aromatic rings. The molecule has 2 heterocycles. The van der Waals surface area contributed by atoms with Crippen LogP contribution < -0.4 is 5.32 Å². The Balaban J connectivity index is 1.31. The molecule has 1 aliphatic heterocycles. The zero-order valence-corrected chi connectivity index (χ0v) is 19.2. The molecular formula is C26H24N2O5S. The van der Waals surface area contributed by atoms with Crippen LogP contribution in [0.5, 0.6) is 0 Å². The van der Waals surface area contributed by atoms with Gasteiger partial charge in [0.25, 0.3) is 5.91 Å². The number of hydrogen-bond donors (Lipinski definition) is 2. The van der Waals surface area contributed by atoms with Gasteiger partial charge in [0.1, 0.15) is 18.7 Å². The molecule has 34 heavy (non-hydrogen) atoms. The lowest BCUT2D eigenvalue weighted by Gasteiger charge is -2.26. The number of alkyl carbamates (subject to hydrolysis) is 1. The molecule has 2 atom stereocenters. The lowest BCUT2D eigenvalue weighted by molar-refractivity contribution is -0.149. The van der Waals surface area contributed by atoms with Crippen LogP contribution in [-0.2, 0) is 14.3 Å². The minimum atomic E-state index is -1.03. The van der Waals surface area contributed by atoms with E-state index in [1.807, 2.05) is 41.8 Å². The van der Waals surface area contributed by atoms with Gasteiger partial charge in [-0.15, -0.1) is 11.3 Å². The summed E-state index contributed by atoms with van der Waals surface area (Å²) in [5, 5.41) is 14.0. The van der Waals surface area contributed by atoms with Crippen LogP contribution >= 0.6 is 11.3 Å². The minimum absolute atomic E-state index is 0.0935. The number of nitrogens with zero attached hydrogens (tertiary/aromatic N) is 1. The molecule has 1 saturated heterocycles. The van der Waals surface area contributed by atoms with E-state index in [-0.39, 0.29) is 12.5 Å². The molecule has 0 spiro atoms. The molecular weight excluding hydrogens is 452 g/mol. The molecule has 5 rings (SSSR count). The van der Waals surface area contributed by atoms with Gasteiger partial charge < -0.3 is 20.1 Å². The summed E-state index contributed by atoms with van der Waals surface area (Å²) in [6.07, 6.45) is 0.313. The molecule has 2 N–H and O–H groups in total. The van der Waals surface area contributed by atoms with Crippen molar-refractivity contribution >= 4 is 29.3 Å². The standard InChI is InChI=1S/C26H24N2O5S/c29-24(28-13-5-11-21(28)25(30)31)23(22-12-6-14-34-22)27-26(32)33-15-20-18-9-3-1-7-16(18)17-8-2-4-10-19(17)20/h1-4,6-10,12,14,20-21,23H,5,11,13,15H2,(H,27,32)(H,30,31)/t21-,23?/m0/s1. The third-order valence-corrected chi connectivity index (χ3v) is 7.44. The quantitative estimate of drug-likeness (QED) is 0.550. The van der Waals surface area contributed by atoms with Crippen molar-refractivity contribution in [1.29, 1.82) is 0 Å². The Hall–Kier alpha value is -3.65. The maximum atomic E-state index is 13.3. The van der Waals surface area contributed by atoms with Crippen molar-refractivity contribution in [3.8, 4) is 11.1 Å². The number of ether oxygens (including phenoxy) is 1. The molecule has 2 aliphatic rings. The topological polar surface area (TPSA) is 95.9 Å². The van der Waals surface area contributed by atoms with Crippen molar-refractivity contribution in [3.63, 3.8) is 0 Å². The predicted octanol–water partition coefficient (Wildman–Crippen LogP) is 4.40. The van der Waals surface area contributed by atoms with E-state index in [1.165, 1.54) is 16.2 Å². The van der Waals surface area contributed by atoms with Crippen LogP contribution in [0, 0.1) is 0 Å². The number of thiophene rings is 1. The number of amides is 2. The summed E-state index contributed by atoms with van der Waals surface area (Å²) in [4.78, 5) is 39.7. The van der Waals surface area contributed by atoms with Gasteiger partial charge >= 0.3 is 12.1 Å². The molecule has 8 heteroatoms. The van der Waals surface area contributed by atoms with E-state index in [0.29, 0.717) is 24.3 Å². The maximum Gasteiger partial charge on any atom is 0.408 e. The van der Waals surface area contributed by atoms with E-state index in [4.69, 9.17) is 4.74 Å². The first-order chi connectivity index (χ1) is 16.5. The van der Waals surface area contributed by atoms with Gasteiger partial charge in [-0.25, -0.2) is 9.59 Å². The van der Waals surface area contributed by atoms with Gasteiger partial charge in [-0.1, -0.05) is 54.6 Å². The summed E-state index contributed by atoms with van der Waals surface area (Å²) in [6, 6.07) is 17.8. The number of carbonyl (C=O) groups excluding carboxylic acids is 2. The van der Waals surface area contributed by atoms with Crippen LogP contribution in [0.2, 0.25) is 0 Å². The summed E-state index contributed by atoms with van der Waals surface area (Å²) in [7, 11) is 0. The van der Waals surface area contributed by atoms with Crippen LogP contribution in [0.1, 0.15) is 40.8 Å². The number of carboxylic acid groups (broad SMARTS) is 1. The number of carbonyl (C=O) groups is 3. The van der Waals surface area contributed by atoms with Crippen molar-refractivity contribution in [2.24, 2.45) is 0 Å². The number of hydrogen-bond acceptors (Lipinski definition) is 5. The highest BCUT2D eigenvalue weighted by Crippen LogP contribution is 2.44. The Morgan fingerprint density at radius 1 is 1.03 bits per heavy atom. The molecule has 2 amide bonds. The second-order valence-electron chi connectivity index (χ2n) is 8.45. The van der Waals surface area contributed by atoms with Gasteiger partial charge in [-0.2, -0.15) is 0 Å². The van der Waals surface area contributed by atoms with Crippen molar-refractivity contribution in [3.05, 3.63) is 82.0 Å². The fraction of sp³-hybridized carbons (Fsp3) is 0.269. The van der Waals surface area contributed by atoms with E-state index < -0.39 is 30.1 Å². The highest BCUT2D eigenvalue weighted by molar-refractivity contribution is 7.10. The first-order valence-electron chi connectivity index (χ1n) is 11.2. The van der Waals surface area contributed by atoms with Gasteiger partial charge in [-0.05, 0) is 46.5 Å². The summed E-state index contributed by atoms with van der Waals surface area (Å²) in [5.41, 5.74) is 4.47. The molecule has 174 valence electrons. The van der Waals surface area contributed by atoms with Gasteiger partial charge in [-0.3, -0.25) is 4.79 Å². The summed E-state index contributed by atoms with van der Waals surface area (Å²) in [6.45, 7) is 0.483. The summed E-state index contributed by atoms with van der Waals surface area (Å²) in [5.74, 6) is -1.55. The Labute approximate surface area is 201 Å². The van der Waals surface area contributed by atoms with E-state index in [2.05, 4.69) is 17.4 Å². The summed E-state index contributed by atoms with van der Waals surface area (Å²) >= 11 is 1.33. The molecule has 1 aliphatic carbocycles. The zero-order chi connectivity index (χ0) is 23.7. The van der Waals surface area contributed by atoms with Crippen molar-refractivity contribution in [1.82, 2.24) is 10.2 Å². The van der Waals surface area contributed by atoms with E-state index in [9.17, 15) is 19.5 Å². The predicted molar refractivity (Wildman–Crippen MR) is 128 cm³/mol. The molecule has 0 bridgehead atoms. The van der Waals surface area contributed by atoms with Crippen molar-refractivity contribution < 1.29 is 24.2 Å². The number of rotatable bonds is 6. The zero-order valence-electron chi connectivity index (χ0n) is 18.3. The first kappa shape index (κ1) is 22.2. The van der Waals surface area contributed by atoms with Gasteiger partial charge in [0.15, 0.2) is 0 Å². The number of fused-ring (bicyclic) bond motifs is 3. The molecule has 0 saturated carbocycles. The van der Waals surface area contributed by atoms with Crippen LogP contribution in [0.4, 0.5) is 4.79 Å². The fourth-order valence-electron chi connectivity index (χ4n) is 4.92. The molecule has 0 radical (unpaired) electrons. The summed E-state index contributed by atoms with van der Waals surface area (Å²) < 4.78 is 5.62. The SMILES string of the molecule is O=C(NC(C(=O)N1CCC[C@H]1C(=O)O)c1cccs1)OCC1c2ccccc2-c2ccccc21. The smallest absolute Gasteiger partial charge is 0.408 e. The van der Waals surface area contributed by atoms with E-state index in [0.717, 1.165) is 22.3 Å². The second-order valence-corrected chi connectivity index (χ2v) is 9.43. The second kappa shape index (κ2) is 9.30. The number of nitrogens with one attached hydrogen (secondary N) is 1. The normalized spacial score (nSPS) is 17.6. The Morgan fingerprint density at radius 3 is 2.32 bits per heavy atom. The molecule has 1 unspecified atom stereocenters. The maximum absolute atomic E-state index is 13.3. The third-order valence-electron chi connectivity index (χ3n) is 6.50. The lowest BCUT2D eigenvalue weighted by atomic mass is 9.98. The molecule has 1 fully saturated rings. The lowest BCUT2D eigenvalue weighted by Crippen LogP contribution is -2.47. The average molecular weight is 477 g/mol. The Kier molecular flexibility index (Phi) is 6.06. The average Bonchev–Trinajstić information content (AvgIpc) is 3.60. The molecule has 1 aromatic heterocycles. The largest absolute Gasteiger partial charge is 0.480 e. The van der Waals surface area contributed by atoms with E-state index >= 15 is 0 Å². The third kappa shape index (κ3) is 4.05. The molecule has 2 aromatic carbocycles. The number of carboxylic acids is 1. The van der Waals surface area contributed by atoms with Crippen LogP contribution in [0.3, 0.4) is 0 Å². The highest BCUT2D eigenvalue weighted by Gasteiger charge is 2.39. The van der Waals surface area contributed by atoms with E-state index in [1.54, 1.807) is 12.1 Å². The van der Waals surface area contributed by atoms with Gasteiger partial charge in [0.05, 0.1) is 0 Å². The number of aliphatic carboxylic acids is 1. The minimum Gasteiger partial charge on any atom is -0.480 e. The fourth-order valence-corrected chi connectivity index (χ4v) is 5.69. The highest BCUT2D eigenvalue weighted by atomic mass is 32.1. The first-order valence-corrected chi connectivity index (χ1v) is 12.1. The number of likely N-dealkylation sites (tertiary alicyclic amines) is 1. The van der Waals surface area contributed by atoms with Crippen LogP contribution in [0.15, 0.2) is 66.0 Å². The monoisotopic (exact) mass is 476 g/mol.